The minimum Gasteiger partial charge on any atom is -0.442 e. The summed E-state index contributed by atoms with van der Waals surface area (Å²) in [4.78, 5) is 11.2. The summed E-state index contributed by atoms with van der Waals surface area (Å²) in [7, 11) is 0. The number of benzene rings is 1. The maximum Gasteiger partial charge on any atom is 0.405 e. The van der Waals surface area contributed by atoms with E-state index in [-0.39, 0.29) is 6.10 Å². The second kappa shape index (κ2) is 6.29. The van der Waals surface area contributed by atoms with Crippen LogP contribution < -0.4 is 5.73 Å². The first-order valence-electron chi connectivity index (χ1n) is 7.47. The average molecular weight is 275 g/mol. The van der Waals surface area contributed by atoms with Crippen LogP contribution in [0.3, 0.4) is 0 Å². The summed E-state index contributed by atoms with van der Waals surface area (Å²) >= 11 is 0. The molecule has 2 rings (SSSR count). The number of amides is 1. The minimum absolute atomic E-state index is 0.215. The lowest BCUT2D eigenvalue weighted by Gasteiger charge is -2.36. The smallest absolute Gasteiger partial charge is 0.405 e. The van der Waals surface area contributed by atoms with E-state index in [2.05, 4.69) is 13.8 Å². The Morgan fingerprint density at radius 1 is 1.40 bits per heavy atom. The van der Waals surface area contributed by atoms with Crippen LogP contribution in [0.1, 0.15) is 57.6 Å². The van der Waals surface area contributed by atoms with Gasteiger partial charge in [-0.3, -0.25) is 0 Å². The Bertz CT molecular complexity index is 442. The number of hydrogen-bond donors (Lipinski definition) is 1. The highest BCUT2D eigenvalue weighted by molar-refractivity contribution is 5.65. The second-order valence-electron chi connectivity index (χ2n) is 6.70. The molecule has 0 saturated heterocycles. The zero-order chi connectivity index (χ0) is 14.6. The van der Waals surface area contributed by atoms with E-state index in [1.165, 1.54) is 25.7 Å². The first-order chi connectivity index (χ1) is 9.46. The Balaban J connectivity index is 2.06. The third kappa shape index (κ3) is 4.26. The van der Waals surface area contributed by atoms with Crippen LogP contribution in [0.2, 0.25) is 0 Å². The summed E-state index contributed by atoms with van der Waals surface area (Å²) in [6, 6.07) is 9.91. The van der Waals surface area contributed by atoms with Crippen LogP contribution >= 0.6 is 0 Å². The van der Waals surface area contributed by atoms with Gasteiger partial charge in [0, 0.05) is 0 Å². The quantitative estimate of drug-likeness (QED) is 0.883. The molecule has 20 heavy (non-hydrogen) atoms. The third-order valence-corrected chi connectivity index (χ3v) is 4.28. The van der Waals surface area contributed by atoms with Crippen LogP contribution in [0, 0.1) is 11.3 Å². The summed E-state index contributed by atoms with van der Waals surface area (Å²) in [5.41, 5.74) is 6.66. The number of nitrogens with two attached hydrogens (primary N) is 1. The lowest BCUT2D eigenvalue weighted by molar-refractivity contribution is 0.0707. The Hall–Kier alpha value is -1.51. The van der Waals surface area contributed by atoms with E-state index in [0.29, 0.717) is 11.3 Å². The lowest BCUT2D eigenvalue weighted by atomic mass is 9.70. The molecule has 0 aliphatic heterocycles. The van der Waals surface area contributed by atoms with Crippen LogP contribution in [0.25, 0.3) is 0 Å². The number of primary amides is 1. The van der Waals surface area contributed by atoms with Crippen molar-refractivity contribution in [3.8, 4) is 0 Å². The Morgan fingerprint density at radius 3 is 2.70 bits per heavy atom. The molecule has 1 aromatic carbocycles. The van der Waals surface area contributed by atoms with Crippen LogP contribution in [-0.4, -0.2) is 6.09 Å². The normalized spacial score (nSPS) is 23.0. The largest absolute Gasteiger partial charge is 0.442 e. The van der Waals surface area contributed by atoms with Gasteiger partial charge in [-0.1, -0.05) is 57.0 Å². The molecule has 2 N–H and O–H groups in total. The first-order valence-corrected chi connectivity index (χ1v) is 7.47. The maximum absolute atomic E-state index is 11.2. The predicted molar refractivity (Wildman–Crippen MR) is 80.2 cm³/mol. The van der Waals surface area contributed by atoms with Gasteiger partial charge in [-0.25, -0.2) is 4.79 Å². The summed E-state index contributed by atoms with van der Waals surface area (Å²) in [6.07, 6.45) is 4.93. The van der Waals surface area contributed by atoms with E-state index in [1.807, 2.05) is 30.3 Å². The van der Waals surface area contributed by atoms with Crippen LogP contribution in [0.5, 0.6) is 0 Å². The van der Waals surface area contributed by atoms with Crippen LogP contribution in [0.4, 0.5) is 4.79 Å². The topological polar surface area (TPSA) is 52.3 Å². The van der Waals surface area contributed by atoms with E-state index in [4.69, 9.17) is 10.5 Å². The first kappa shape index (κ1) is 14.9. The van der Waals surface area contributed by atoms with Gasteiger partial charge >= 0.3 is 6.09 Å². The van der Waals surface area contributed by atoms with Crippen LogP contribution in [0.15, 0.2) is 30.3 Å². The van der Waals surface area contributed by atoms with Crippen molar-refractivity contribution in [3.05, 3.63) is 35.9 Å². The summed E-state index contributed by atoms with van der Waals surface area (Å²) in [6.45, 7) is 4.65. The molecule has 1 aliphatic carbocycles. The monoisotopic (exact) mass is 275 g/mol. The zero-order valence-corrected chi connectivity index (χ0v) is 12.5. The number of carbonyl (C=O) groups excluding carboxylic acids is 1. The van der Waals surface area contributed by atoms with Gasteiger partial charge in [0.2, 0.25) is 0 Å². The highest BCUT2D eigenvalue weighted by Gasteiger charge is 2.30. The van der Waals surface area contributed by atoms with Gasteiger partial charge in [-0.05, 0) is 36.2 Å². The zero-order valence-electron chi connectivity index (χ0n) is 12.5. The van der Waals surface area contributed by atoms with Gasteiger partial charge in [-0.15, -0.1) is 0 Å². The van der Waals surface area contributed by atoms with Crippen molar-refractivity contribution in [1.29, 1.82) is 0 Å². The van der Waals surface area contributed by atoms with E-state index < -0.39 is 6.09 Å². The molecule has 1 aliphatic rings. The van der Waals surface area contributed by atoms with Gasteiger partial charge in [0.15, 0.2) is 0 Å². The molecule has 2 unspecified atom stereocenters. The van der Waals surface area contributed by atoms with Crippen molar-refractivity contribution in [2.24, 2.45) is 17.1 Å². The molecule has 110 valence electrons. The van der Waals surface area contributed by atoms with Gasteiger partial charge < -0.3 is 10.5 Å². The molecule has 1 saturated carbocycles. The van der Waals surface area contributed by atoms with Crippen molar-refractivity contribution < 1.29 is 9.53 Å². The standard InChI is InChI=1S/C17H25NO2/c1-17(2)10-6-7-13(12-17)11-15(20-16(18)19)14-8-4-3-5-9-14/h3-5,8-9,13,15H,6-7,10-12H2,1-2H3,(H2,18,19). The van der Waals surface area contributed by atoms with E-state index >= 15 is 0 Å². The predicted octanol–water partition coefficient (Wildman–Crippen LogP) is 4.43. The Morgan fingerprint density at radius 2 is 2.10 bits per heavy atom. The third-order valence-electron chi connectivity index (χ3n) is 4.28. The summed E-state index contributed by atoms with van der Waals surface area (Å²) < 4.78 is 5.35. The molecule has 0 radical (unpaired) electrons. The summed E-state index contributed by atoms with van der Waals surface area (Å²) in [5.74, 6) is 0.600. The molecule has 1 fully saturated rings. The van der Waals surface area contributed by atoms with E-state index in [0.717, 1.165) is 12.0 Å². The molecule has 0 bridgehead atoms. The number of ether oxygens (including phenoxy) is 1. The van der Waals surface area contributed by atoms with Crippen molar-refractivity contribution in [3.63, 3.8) is 0 Å². The lowest BCUT2D eigenvalue weighted by Crippen LogP contribution is -2.26. The molecule has 0 heterocycles. The van der Waals surface area contributed by atoms with Crippen molar-refractivity contribution >= 4 is 6.09 Å². The fraction of sp³-hybridized carbons (Fsp3) is 0.588. The maximum atomic E-state index is 11.2. The SMILES string of the molecule is CC1(C)CCCC(CC(OC(N)=O)c2ccccc2)C1. The summed E-state index contributed by atoms with van der Waals surface area (Å²) in [5, 5.41) is 0. The van der Waals surface area contributed by atoms with Crippen molar-refractivity contribution in [2.75, 3.05) is 0 Å². The van der Waals surface area contributed by atoms with Gasteiger partial charge in [-0.2, -0.15) is 0 Å². The van der Waals surface area contributed by atoms with E-state index in [9.17, 15) is 4.79 Å². The second-order valence-corrected chi connectivity index (χ2v) is 6.70. The number of hydrogen-bond acceptors (Lipinski definition) is 2. The van der Waals surface area contributed by atoms with Gasteiger partial charge in [0.05, 0.1) is 0 Å². The molecular formula is C17H25NO2. The average Bonchev–Trinajstić information content (AvgIpc) is 2.37. The van der Waals surface area contributed by atoms with Crippen LogP contribution in [-0.2, 0) is 4.74 Å². The molecule has 3 heteroatoms. The molecular weight excluding hydrogens is 250 g/mol. The highest BCUT2D eigenvalue weighted by atomic mass is 16.6. The van der Waals surface area contributed by atoms with Gasteiger partial charge in [0.1, 0.15) is 6.10 Å². The highest BCUT2D eigenvalue weighted by Crippen LogP contribution is 2.42. The molecule has 1 aromatic rings. The van der Waals surface area contributed by atoms with Gasteiger partial charge in [0.25, 0.3) is 0 Å². The van der Waals surface area contributed by atoms with E-state index in [1.54, 1.807) is 0 Å². The molecule has 0 aromatic heterocycles. The Labute approximate surface area is 121 Å². The minimum atomic E-state index is -0.686. The molecule has 0 spiro atoms. The fourth-order valence-corrected chi connectivity index (χ4v) is 3.42. The molecule has 3 nitrogen and oxygen atoms in total. The molecule has 1 amide bonds. The number of carbonyl (C=O) groups is 1. The number of rotatable bonds is 4. The fourth-order valence-electron chi connectivity index (χ4n) is 3.42. The van der Waals surface area contributed by atoms with Crippen molar-refractivity contribution in [1.82, 2.24) is 0 Å². The molecule has 2 atom stereocenters. The Kier molecular flexibility index (Phi) is 4.69. The van der Waals surface area contributed by atoms with Crippen molar-refractivity contribution in [2.45, 2.75) is 52.1 Å².